The number of aromatic nitrogens is 3. The summed E-state index contributed by atoms with van der Waals surface area (Å²) in [4.78, 5) is 14.0. The van der Waals surface area contributed by atoms with Crippen LogP contribution in [0.25, 0.3) is 5.52 Å². The van der Waals surface area contributed by atoms with Crippen LogP contribution >= 0.6 is 7.82 Å². The van der Waals surface area contributed by atoms with E-state index in [1.54, 1.807) is 4.52 Å². The molecule has 11 heteroatoms. The molecule has 3 heterocycles. The van der Waals surface area contributed by atoms with Crippen molar-refractivity contribution in [1.29, 1.82) is 0 Å². The van der Waals surface area contributed by atoms with E-state index in [9.17, 15) is 9.46 Å². The van der Waals surface area contributed by atoms with Crippen molar-refractivity contribution in [3.63, 3.8) is 0 Å². The standard InChI is InChI=1S/C30H53N4O6P/c1-2-3-4-5-6-7-8-9-10-11-12-13-14-15-16-21-37-22-23-38-41(35,36)39-24-26-17-20-29(40-26)27-18-19-28-30(31)32-25-33-34(27)28/h18-19,25-26,29H,2-17,20-24H2,1H3,(H,35,36)(H2,31,32,33). The Kier molecular flexibility index (Phi) is 16.2. The van der Waals surface area contributed by atoms with E-state index in [4.69, 9.17) is 24.3 Å². The van der Waals surface area contributed by atoms with E-state index < -0.39 is 7.82 Å². The summed E-state index contributed by atoms with van der Waals surface area (Å²) in [6.45, 7) is 3.16. The minimum atomic E-state index is -4.17. The van der Waals surface area contributed by atoms with E-state index in [0.29, 0.717) is 18.8 Å². The first kappa shape index (κ1) is 33.9. The van der Waals surface area contributed by atoms with Gasteiger partial charge in [-0.05, 0) is 31.4 Å². The van der Waals surface area contributed by atoms with Crippen molar-refractivity contribution in [2.75, 3.05) is 32.2 Å². The Labute approximate surface area is 246 Å². The summed E-state index contributed by atoms with van der Waals surface area (Å²) in [5.74, 6) is 0.404. The van der Waals surface area contributed by atoms with Crippen LogP contribution in [-0.4, -0.2) is 52.0 Å². The number of hydrogen-bond acceptors (Lipinski definition) is 8. The number of nitrogens with zero attached hydrogens (tertiary/aromatic N) is 3. The van der Waals surface area contributed by atoms with Crippen molar-refractivity contribution in [2.45, 2.75) is 128 Å². The monoisotopic (exact) mass is 596 g/mol. The lowest BCUT2D eigenvalue weighted by molar-refractivity contribution is 0.00250. The molecule has 0 spiro atoms. The predicted molar refractivity (Wildman–Crippen MR) is 162 cm³/mol. The first-order chi connectivity index (χ1) is 20.0. The van der Waals surface area contributed by atoms with Gasteiger partial charge in [0.15, 0.2) is 5.82 Å². The Morgan fingerprint density at radius 1 is 0.902 bits per heavy atom. The zero-order valence-corrected chi connectivity index (χ0v) is 26.0. The molecule has 0 aromatic carbocycles. The molecule has 3 atom stereocenters. The largest absolute Gasteiger partial charge is 0.472 e. The Bertz CT molecular complexity index is 1020. The highest BCUT2D eigenvalue weighted by Crippen LogP contribution is 2.44. The summed E-state index contributed by atoms with van der Waals surface area (Å²) in [7, 11) is -4.17. The molecule has 3 unspecified atom stereocenters. The van der Waals surface area contributed by atoms with Crippen molar-refractivity contribution in [3.05, 3.63) is 24.2 Å². The van der Waals surface area contributed by atoms with Crippen LogP contribution in [0.15, 0.2) is 18.5 Å². The van der Waals surface area contributed by atoms with Crippen LogP contribution < -0.4 is 5.73 Å². The van der Waals surface area contributed by atoms with Gasteiger partial charge in [-0.15, -0.1) is 0 Å². The van der Waals surface area contributed by atoms with E-state index in [2.05, 4.69) is 17.0 Å². The second kappa shape index (κ2) is 19.6. The summed E-state index contributed by atoms with van der Waals surface area (Å²) in [5.41, 5.74) is 7.49. The highest BCUT2D eigenvalue weighted by Gasteiger charge is 2.31. The fraction of sp³-hybridized carbons (Fsp3) is 0.800. The topological polar surface area (TPSA) is 130 Å². The molecule has 2 aromatic rings. The minimum absolute atomic E-state index is 0.0118. The molecule has 0 saturated carbocycles. The molecule has 0 amide bonds. The lowest BCUT2D eigenvalue weighted by Gasteiger charge is -2.16. The number of rotatable bonds is 24. The number of nitrogens with two attached hydrogens (primary N) is 1. The number of nitrogen functional groups attached to an aromatic ring is 1. The Balaban J connectivity index is 1.11. The molecular weight excluding hydrogens is 543 g/mol. The highest BCUT2D eigenvalue weighted by molar-refractivity contribution is 7.47. The molecule has 0 radical (unpaired) electrons. The third-order valence-corrected chi connectivity index (χ3v) is 8.73. The number of ether oxygens (including phenoxy) is 2. The molecule has 3 rings (SSSR count). The molecule has 1 aliphatic heterocycles. The van der Waals surface area contributed by atoms with Gasteiger partial charge < -0.3 is 20.1 Å². The number of unbranched alkanes of at least 4 members (excludes halogenated alkanes) is 14. The summed E-state index contributed by atoms with van der Waals surface area (Å²) in [6, 6.07) is 3.77. The van der Waals surface area contributed by atoms with Gasteiger partial charge in [0, 0.05) is 6.61 Å². The third-order valence-electron chi connectivity index (χ3n) is 7.75. The second-order valence-corrected chi connectivity index (χ2v) is 12.6. The van der Waals surface area contributed by atoms with Gasteiger partial charge in [0.05, 0.1) is 31.6 Å². The Morgan fingerprint density at radius 2 is 1.54 bits per heavy atom. The van der Waals surface area contributed by atoms with Crippen molar-refractivity contribution in [3.8, 4) is 0 Å². The first-order valence-corrected chi connectivity index (χ1v) is 17.4. The predicted octanol–water partition coefficient (Wildman–Crippen LogP) is 7.55. The lowest BCUT2D eigenvalue weighted by Crippen LogP contribution is -2.15. The number of anilines is 1. The number of phosphoric acid groups is 1. The van der Waals surface area contributed by atoms with Gasteiger partial charge in [-0.3, -0.25) is 9.05 Å². The van der Waals surface area contributed by atoms with Crippen LogP contribution in [0, 0.1) is 0 Å². The summed E-state index contributed by atoms with van der Waals surface area (Å²) in [5, 5.41) is 4.25. The average Bonchev–Trinajstić information content (AvgIpc) is 3.61. The maximum atomic E-state index is 12.2. The molecule has 1 aliphatic rings. The average molecular weight is 597 g/mol. The first-order valence-electron chi connectivity index (χ1n) is 15.9. The molecule has 1 saturated heterocycles. The van der Waals surface area contributed by atoms with Crippen LogP contribution in [0.2, 0.25) is 0 Å². The summed E-state index contributed by atoms with van der Waals surface area (Å²) < 4.78 is 35.8. The smallest absolute Gasteiger partial charge is 0.382 e. The number of phosphoric ester groups is 1. The maximum Gasteiger partial charge on any atom is 0.472 e. The van der Waals surface area contributed by atoms with Crippen LogP contribution in [0.3, 0.4) is 0 Å². The zero-order valence-electron chi connectivity index (χ0n) is 25.1. The Morgan fingerprint density at radius 3 is 2.20 bits per heavy atom. The molecule has 234 valence electrons. The normalized spacial score (nSPS) is 18.8. The molecule has 10 nitrogen and oxygen atoms in total. The van der Waals surface area contributed by atoms with Gasteiger partial charge in [-0.25, -0.2) is 14.1 Å². The van der Waals surface area contributed by atoms with E-state index in [1.807, 2.05) is 12.1 Å². The number of hydrogen-bond donors (Lipinski definition) is 2. The fourth-order valence-corrected chi connectivity index (χ4v) is 6.10. The van der Waals surface area contributed by atoms with Gasteiger partial charge in [0.1, 0.15) is 17.9 Å². The highest BCUT2D eigenvalue weighted by atomic mass is 31.2. The van der Waals surface area contributed by atoms with Crippen LogP contribution in [0.1, 0.15) is 128 Å². The van der Waals surface area contributed by atoms with Gasteiger partial charge in [0.25, 0.3) is 0 Å². The van der Waals surface area contributed by atoms with Crippen molar-refractivity contribution >= 4 is 19.2 Å². The fourth-order valence-electron chi connectivity index (χ4n) is 5.37. The molecule has 41 heavy (non-hydrogen) atoms. The van der Waals surface area contributed by atoms with Crippen LogP contribution in [0.4, 0.5) is 5.82 Å². The quantitative estimate of drug-likeness (QED) is 0.0931. The van der Waals surface area contributed by atoms with Gasteiger partial charge in [-0.1, -0.05) is 96.8 Å². The minimum Gasteiger partial charge on any atom is -0.382 e. The maximum absolute atomic E-state index is 12.2. The molecule has 0 aliphatic carbocycles. The van der Waals surface area contributed by atoms with E-state index in [-0.39, 0.29) is 32.0 Å². The summed E-state index contributed by atoms with van der Waals surface area (Å²) in [6.07, 6.45) is 22.3. The van der Waals surface area contributed by atoms with E-state index >= 15 is 0 Å². The third kappa shape index (κ3) is 13.1. The van der Waals surface area contributed by atoms with Gasteiger partial charge in [-0.2, -0.15) is 5.10 Å². The van der Waals surface area contributed by atoms with Crippen molar-refractivity contribution in [2.24, 2.45) is 0 Å². The molecule has 2 aromatic heterocycles. The molecule has 0 bridgehead atoms. The molecular formula is C30H53N4O6P. The van der Waals surface area contributed by atoms with E-state index in [1.165, 1.54) is 89.8 Å². The molecule has 3 N–H and O–H groups in total. The van der Waals surface area contributed by atoms with E-state index in [0.717, 1.165) is 30.5 Å². The van der Waals surface area contributed by atoms with Gasteiger partial charge in [0.2, 0.25) is 0 Å². The van der Waals surface area contributed by atoms with Crippen molar-refractivity contribution in [1.82, 2.24) is 14.6 Å². The second-order valence-electron chi connectivity index (χ2n) is 11.2. The van der Waals surface area contributed by atoms with Crippen LogP contribution in [0.5, 0.6) is 0 Å². The summed E-state index contributed by atoms with van der Waals surface area (Å²) >= 11 is 0. The number of fused-ring (bicyclic) bond motifs is 1. The zero-order chi connectivity index (χ0) is 29.2. The van der Waals surface area contributed by atoms with Gasteiger partial charge >= 0.3 is 7.82 Å². The Hall–Kier alpha value is -1.55. The van der Waals surface area contributed by atoms with Crippen LogP contribution in [-0.2, 0) is 23.1 Å². The SMILES string of the molecule is CCCCCCCCCCCCCCCCCOCCOP(=O)(O)OCC1CCC(c2ccc3c(N)ncnn23)O1. The van der Waals surface area contributed by atoms with Crippen molar-refractivity contribution < 1.29 is 28.0 Å². The lowest BCUT2D eigenvalue weighted by atomic mass is 10.0. The molecule has 1 fully saturated rings.